The van der Waals surface area contributed by atoms with Crippen LogP contribution in [0.3, 0.4) is 0 Å². The highest BCUT2D eigenvalue weighted by Gasteiger charge is 2.16. The number of aryl methyl sites for hydroxylation is 1. The summed E-state index contributed by atoms with van der Waals surface area (Å²) in [5, 5.41) is 9.10. The summed E-state index contributed by atoms with van der Waals surface area (Å²) in [7, 11) is -3.48. The molecule has 0 radical (unpaired) electrons. The van der Waals surface area contributed by atoms with Gasteiger partial charge < -0.3 is 5.11 Å². The lowest BCUT2D eigenvalue weighted by Crippen LogP contribution is -2.25. The first-order valence-electron chi connectivity index (χ1n) is 6.70. The van der Waals surface area contributed by atoms with Gasteiger partial charge in [0.2, 0.25) is 10.0 Å². The lowest BCUT2D eigenvalue weighted by atomic mass is 10.2. The molecule has 1 rings (SSSR count). The Morgan fingerprint density at radius 2 is 2.00 bits per heavy atom. The molecule has 0 spiro atoms. The van der Waals surface area contributed by atoms with Crippen molar-refractivity contribution in [1.29, 1.82) is 0 Å². The Balaban J connectivity index is 2.60. The molecule has 0 aliphatic rings. The van der Waals surface area contributed by atoms with Crippen molar-refractivity contribution in [3.8, 4) is 0 Å². The fourth-order valence-electron chi connectivity index (χ4n) is 1.86. The number of hydrogen-bond acceptors (Lipinski definition) is 4. The molecule has 114 valence electrons. The van der Waals surface area contributed by atoms with Gasteiger partial charge >= 0.3 is 0 Å². The lowest BCUT2D eigenvalue weighted by Gasteiger charge is -2.10. The highest BCUT2D eigenvalue weighted by atomic mass is 32.2. The van der Waals surface area contributed by atoms with E-state index < -0.39 is 10.0 Å². The van der Waals surface area contributed by atoms with Crippen molar-refractivity contribution in [2.75, 3.05) is 18.6 Å². The molecule has 0 aromatic heterocycles. The Morgan fingerprint density at radius 1 is 1.25 bits per heavy atom. The number of nitrogens with one attached hydrogen (secondary N) is 1. The summed E-state index contributed by atoms with van der Waals surface area (Å²) in [6.45, 7) is 2.06. The van der Waals surface area contributed by atoms with Crippen LogP contribution in [0.1, 0.15) is 30.4 Å². The minimum atomic E-state index is -3.48. The number of aliphatic hydroxyl groups is 1. The van der Waals surface area contributed by atoms with E-state index in [4.69, 9.17) is 5.11 Å². The third kappa shape index (κ3) is 5.44. The quantitative estimate of drug-likeness (QED) is 0.686. The maximum atomic E-state index is 12.2. The van der Waals surface area contributed by atoms with Crippen LogP contribution in [0.25, 0.3) is 0 Å². The first-order chi connectivity index (χ1) is 9.51. The lowest BCUT2D eigenvalue weighted by molar-refractivity contribution is 0.281. The molecule has 0 fully saturated rings. The second-order valence-corrected chi connectivity index (χ2v) is 7.43. The van der Waals surface area contributed by atoms with Gasteiger partial charge in [-0.25, -0.2) is 13.1 Å². The summed E-state index contributed by atoms with van der Waals surface area (Å²) in [6.07, 6.45) is 5.05. The van der Waals surface area contributed by atoms with Crippen molar-refractivity contribution < 1.29 is 13.5 Å². The minimum absolute atomic E-state index is 0.155. The molecule has 2 N–H and O–H groups in total. The van der Waals surface area contributed by atoms with Crippen molar-refractivity contribution in [3.63, 3.8) is 0 Å². The number of rotatable bonds is 9. The summed E-state index contributed by atoms with van der Waals surface area (Å²) < 4.78 is 27.1. The Hall–Kier alpha value is -0.560. The minimum Gasteiger partial charge on any atom is -0.392 e. The first kappa shape index (κ1) is 17.5. The van der Waals surface area contributed by atoms with Crippen molar-refractivity contribution >= 4 is 21.8 Å². The Morgan fingerprint density at radius 3 is 2.65 bits per heavy atom. The van der Waals surface area contributed by atoms with E-state index in [9.17, 15) is 8.42 Å². The van der Waals surface area contributed by atoms with Crippen LogP contribution in [-0.4, -0.2) is 32.1 Å². The van der Waals surface area contributed by atoms with Gasteiger partial charge in [0.15, 0.2) is 0 Å². The van der Waals surface area contributed by atoms with Crippen LogP contribution in [0.5, 0.6) is 0 Å². The van der Waals surface area contributed by atoms with Crippen LogP contribution in [-0.2, 0) is 16.6 Å². The maximum Gasteiger partial charge on any atom is 0.240 e. The van der Waals surface area contributed by atoms with Crippen molar-refractivity contribution in [2.24, 2.45) is 0 Å². The smallest absolute Gasteiger partial charge is 0.240 e. The number of aliphatic hydroxyl groups excluding tert-OH is 1. The average Bonchev–Trinajstić information content (AvgIpc) is 2.43. The molecule has 0 saturated carbocycles. The van der Waals surface area contributed by atoms with Crippen molar-refractivity contribution in [2.45, 2.75) is 37.7 Å². The van der Waals surface area contributed by atoms with Gasteiger partial charge in [0.1, 0.15) is 0 Å². The van der Waals surface area contributed by atoms with E-state index >= 15 is 0 Å². The second kappa shape index (κ2) is 8.67. The zero-order valence-electron chi connectivity index (χ0n) is 12.1. The zero-order valence-corrected chi connectivity index (χ0v) is 13.7. The van der Waals surface area contributed by atoms with Crippen molar-refractivity contribution in [3.05, 3.63) is 29.3 Å². The van der Waals surface area contributed by atoms with E-state index in [-0.39, 0.29) is 11.5 Å². The molecule has 0 amide bonds. The molecule has 0 aliphatic carbocycles. The highest BCUT2D eigenvalue weighted by molar-refractivity contribution is 7.98. The van der Waals surface area contributed by atoms with Gasteiger partial charge in [-0.1, -0.05) is 18.6 Å². The molecular weight excluding hydrogens is 294 g/mol. The van der Waals surface area contributed by atoms with Gasteiger partial charge in [-0.05, 0) is 49.0 Å². The monoisotopic (exact) mass is 317 g/mol. The van der Waals surface area contributed by atoms with Gasteiger partial charge in [-0.2, -0.15) is 11.8 Å². The van der Waals surface area contributed by atoms with Crippen LogP contribution >= 0.6 is 11.8 Å². The maximum absolute atomic E-state index is 12.2. The average molecular weight is 317 g/mol. The van der Waals surface area contributed by atoms with E-state index in [1.54, 1.807) is 30.8 Å². The Bertz CT molecular complexity index is 515. The zero-order chi connectivity index (χ0) is 15.0. The molecule has 0 heterocycles. The molecule has 1 aromatic carbocycles. The predicted molar refractivity (Wildman–Crippen MR) is 84.5 cm³/mol. The van der Waals surface area contributed by atoms with Crippen molar-refractivity contribution in [1.82, 2.24) is 4.72 Å². The summed E-state index contributed by atoms with van der Waals surface area (Å²) in [6, 6.07) is 4.99. The topological polar surface area (TPSA) is 66.4 Å². The molecule has 20 heavy (non-hydrogen) atoms. The Labute approximate surface area is 126 Å². The van der Waals surface area contributed by atoms with Gasteiger partial charge in [0.05, 0.1) is 11.5 Å². The fourth-order valence-corrected chi connectivity index (χ4v) is 3.72. The molecule has 0 aliphatic heterocycles. The van der Waals surface area contributed by atoms with Crippen LogP contribution in [0.4, 0.5) is 0 Å². The largest absolute Gasteiger partial charge is 0.392 e. The third-order valence-electron chi connectivity index (χ3n) is 3.04. The van der Waals surface area contributed by atoms with Crippen LogP contribution in [0.2, 0.25) is 0 Å². The van der Waals surface area contributed by atoms with Crippen LogP contribution in [0.15, 0.2) is 23.1 Å². The second-order valence-electron chi connectivity index (χ2n) is 4.71. The standard InChI is InChI=1S/C14H23NO3S2/c1-12-6-7-13(11-16)10-14(12)20(17,18)15-8-4-3-5-9-19-2/h6-7,10,15-16H,3-5,8-9,11H2,1-2H3. The number of hydrogen-bond donors (Lipinski definition) is 2. The predicted octanol–water partition coefficient (Wildman–Crippen LogP) is 2.30. The molecule has 1 aromatic rings. The summed E-state index contributed by atoms with van der Waals surface area (Å²) >= 11 is 1.81. The Kier molecular flexibility index (Phi) is 7.58. The molecule has 0 atom stereocenters. The van der Waals surface area contributed by atoms with Gasteiger partial charge in [-0.15, -0.1) is 0 Å². The summed E-state index contributed by atoms with van der Waals surface area (Å²) in [5.74, 6) is 1.12. The molecule has 0 saturated heterocycles. The van der Waals surface area contributed by atoms with Gasteiger partial charge in [-0.3, -0.25) is 0 Å². The molecule has 0 unspecified atom stereocenters. The molecular formula is C14H23NO3S2. The van der Waals surface area contributed by atoms with E-state index in [0.29, 0.717) is 17.7 Å². The van der Waals surface area contributed by atoms with E-state index in [2.05, 4.69) is 11.0 Å². The molecule has 4 nitrogen and oxygen atoms in total. The first-order valence-corrected chi connectivity index (χ1v) is 9.58. The summed E-state index contributed by atoms with van der Waals surface area (Å²) in [5.41, 5.74) is 1.30. The van der Waals surface area contributed by atoms with E-state index in [0.717, 1.165) is 25.0 Å². The third-order valence-corrected chi connectivity index (χ3v) is 5.34. The SMILES string of the molecule is CSCCCCCNS(=O)(=O)c1cc(CO)ccc1C. The fraction of sp³-hybridized carbons (Fsp3) is 0.571. The molecule has 0 bridgehead atoms. The van der Waals surface area contributed by atoms with Gasteiger partial charge in [0, 0.05) is 6.54 Å². The number of thioether (sulfide) groups is 1. The van der Waals surface area contributed by atoms with E-state index in [1.807, 2.05) is 0 Å². The number of sulfonamides is 1. The van der Waals surface area contributed by atoms with E-state index in [1.165, 1.54) is 6.07 Å². The van der Waals surface area contributed by atoms with Crippen LogP contribution < -0.4 is 4.72 Å². The summed E-state index contributed by atoms with van der Waals surface area (Å²) in [4.78, 5) is 0.258. The van der Waals surface area contributed by atoms with Crippen LogP contribution in [0, 0.1) is 6.92 Å². The number of unbranched alkanes of at least 4 members (excludes halogenated alkanes) is 2. The highest BCUT2D eigenvalue weighted by Crippen LogP contribution is 2.17. The molecule has 6 heteroatoms. The van der Waals surface area contributed by atoms with Gasteiger partial charge in [0.25, 0.3) is 0 Å². The normalized spacial score (nSPS) is 11.8. The number of benzene rings is 1.